The predicted octanol–water partition coefficient (Wildman–Crippen LogP) is 3.36. The summed E-state index contributed by atoms with van der Waals surface area (Å²) in [4.78, 5) is 41.2. The van der Waals surface area contributed by atoms with Gasteiger partial charge in [-0.3, -0.25) is 24.6 Å². The van der Waals surface area contributed by atoms with Crippen LogP contribution in [-0.2, 0) is 9.59 Å². The van der Waals surface area contributed by atoms with Crippen LogP contribution in [0.25, 0.3) is 0 Å². The zero-order chi connectivity index (χ0) is 21.4. The molecule has 2 heterocycles. The fourth-order valence-corrected chi connectivity index (χ4v) is 4.43. The van der Waals surface area contributed by atoms with Crippen LogP contribution in [0.2, 0.25) is 10.0 Å². The first kappa shape index (κ1) is 20.6. The molecule has 2 fully saturated rings. The number of imide groups is 1. The van der Waals surface area contributed by atoms with Crippen molar-refractivity contribution in [2.75, 3.05) is 36.0 Å². The molecule has 0 bridgehead atoms. The highest BCUT2D eigenvalue weighted by atomic mass is 35.5. The molecule has 4 rings (SSSR count). The molecule has 0 radical (unpaired) electrons. The van der Waals surface area contributed by atoms with E-state index in [9.17, 15) is 19.7 Å². The van der Waals surface area contributed by atoms with Gasteiger partial charge in [0.25, 0.3) is 11.6 Å². The van der Waals surface area contributed by atoms with E-state index < -0.39 is 11.0 Å². The van der Waals surface area contributed by atoms with Crippen LogP contribution < -0.4 is 9.80 Å². The van der Waals surface area contributed by atoms with Crippen LogP contribution in [0.5, 0.6) is 0 Å². The smallest absolute Gasteiger partial charge is 0.269 e. The summed E-state index contributed by atoms with van der Waals surface area (Å²) in [6.07, 6.45) is 0.112. The molecule has 30 heavy (non-hydrogen) atoms. The average molecular weight is 449 g/mol. The summed E-state index contributed by atoms with van der Waals surface area (Å²) in [6, 6.07) is 10.5. The number of piperazine rings is 1. The molecule has 2 amide bonds. The molecule has 10 heteroatoms. The first-order chi connectivity index (χ1) is 14.3. The minimum atomic E-state index is -0.519. The van der Waals surface area contributed by atoms with Crippen LogP contribution in [0.4, 0.5) is 17.1 Å². The Labute approximate surface area is 182 Å². The highest BCUT2D eigenvalue weighted by Crippen LogP contribution is 2.31. The van der Waals surface area contributed by atoms with Crippen molar-refractivity contribution >= 4 is 52.1 Å². The number of rotatable bonds is 4. The summed E-state index contributed by atoms with van der Waals surface area (Å²) in [5.41, 5.74) is 1.33. The number of hydrogen-bond acceptors (Lipinski definition) is 6. The van der Waals surface area contributed by atoms with E-state index in [4.69, 9.17) is 23.2 Å². The van der Waals surface area contributed by atoms with Gasteiger partial charge >= 0.3 is 0 Å². The van der Waals surface area contributed by atoms with Gasteiger partial charge in [-0.2, -0.15) is 0 Å². The van der Waals surface area contributed by atoms with Gasteiger partial charge in [-0.05, 0) is 30.3 Å². The van der Waals surface area contributed by atoms with Crippen molar-refractivity contribution < 1.29 is 14.5 Å². The Bertz CT molecular complexity index is 986. The molecule has 1 atom stereocenters. The molecule has 0 aliphatic carbocycles. The lowest BCUT2D eigenvalue weighted by molar-refractivity contribution is -0.384. The summed E-state index contributed by atoms with van der Waals surface area (Å²) in [7, 11) is 0. The zero-order valence-electron chi connectivity index (χ0n) is 15.8. The monoisotopic (exact) mass is 448 g/mol. The maximum absolute atomic E-state index is 13.0. The number of carbonyl (C=O) groups excluding carboxylic acids is 2. The molecule has 2 aliphatic rings. The molecule has 8 nitrogen and oxygen atoms in total. The van der Waals surface area contributed by atoms with Crippen LogP contribution in [0, 0.1) is 10.1 Å². The second-order valence-electron chi connectivity index (χ2n) is 7.21. The minimum Gasteiger partial charge on any atom is -0.369 e. The fourth-order valence-electron chi connectivity index (χ4n) is 3.92. The summed E-state index contributed by atoms with van der Waals surface area (Å²) < 4.78 is 0. The van der Waals surface area contributed by atoms with Gasteiger partial charge in [0.2, 0.25) is 5.91 Å². The summed E-state index contributed by atoms with van der Waals surface area (Å²) in [5, 5.41) is 11.5. The van der Waals surface area contributed by atoms with Crippen molar-refractivity contribution in [2.24, 2.45) is 0 Å². The zero-order valence-corrected chi connectivity index (χ0v) is 17.3. The van der Waals surface area contributed by atoms with Gasteiger partial charge in [0, 0.05) is 54.0 Å². The molecule has 0 aromatic heterocycles. The lowest BCUT2D eigenvalue weighted by atomic mass is 10.1. The molecule has 0 saturated carbocycles. The topological polar surface area (TPSA) is 87.0 Å². The number of halogens is 2. The Morgan fingerprint density at radius 3 is 2.07 bits per heavy atom. The maximum Gasteiger partial charge on any atom is 0.269 e. The molecule has 2 saturated heterocycles. The number of hydrogen-bond donors (Lipinski definition) is 0. The third-order valence-electron chi connectivity index (χ3n) is 5.41. The van der Waals surface area contributed by atoms with E-state index in [0.717, 1.165) is 10.6 Å². The van der Waals surface area contributed by atoms with Crippen molar-refractivity contribution in [3.05, 3.63) is 62.6 Å². The van der Waals surface area contributed by atoms with Crippen LogP contribution in [0.3, 0.4) is 0 Å². The van der Waals surface area contributed by atoms with E-state index in [1.807, 2.05) is 4.90 Å². The van der Waals surface area contributed by atoms with Crippen molar-refractivity contribution in [3.63, 3.8) is 0 Å². The summed E-state index contributed by atoms with van der Waals surface area (Å²) >= 11 is 12.0. The number of anilines is 2. The number of nitrogens with zero attached hydrogens (tertiary/aromatic N) is 4. The number of carbonyl (C=O) groups is 2. The predicted molar refractivity (Wildman–Crippen MR) is 114 cm³/mol. The molecule has 0 spiro atoms. The van der Waals surface area contributed by atoms with Gasteiger partial charge in [0.1, 0.15) is 0 Å². The molecular weight excluding hydrogens is 431 g/mol. The average Bonchev–Trinajstić information content (AvgIpc) is 3.01. The highest BCUT2D eigenvalue weighted by molar-refractivity contribution is 6.35. The van der Waals surface area contributed by atoms with Crippen molar-refractivity contribution in [3.8, 4) is 0 Å². The molecule has 156 valence electrons. The van der Waals surface area contributed by atoms with Crippen LogP contribution in [0.15, 0.2) is 42.5 Å². The second-order valence-corrected chi connectivity index (χ2v) is 8.08. The molecule has 2 aromatic rings. The number of amides is 2. The second kappa shape index (κ2) is 8.22. The van der Waals surface area contributed by atoms with Gasteiger partial charge in [0.05, 0.1) is 23.1 Å². The first-order valence-corrected chi connectivity index (χ1v) is 10.2. The summed E-state index contributed by atoms with van der Waals surface area (Å²) in [6.45, 7) is 2.51. The van der Waals surface area contributed by atoms with Gasteiger partial charge in [0.15, 0.2) is 0 Å². The Hall–Kier alpha value is -2.68. The normalized spacial score (nSPS) is 20.1. The first-order valence-electron chi connectivity index (χ1n) is 9.40. The third kappa shape index (κ3) is 3.98. The lowest BCUT2D eigenvalue weighted by Crippen LogP contribution is -2.52. The maximum atomic E-state index is 13.0. The Morgan fingerprint density at radius 1 is 0.900 bits per heavy atom. The standard InChI is InChI=1S/C20H18Cl2N4O4/c21-13-9-14(22)11-17(10-13)25-19(27)12-18(20(25)28)24-7-5-23(6-8-24)15-1-3-16(4-2-15)26(29)30/h1-4,9-11,18H,5-8,12H2/t18-/m1/s1. The molecule has 2 aliphatic heterocycles. The highest BCUT2D eigenvalue weighted by Gasteiger charge is 2.43. The number of nitro groups is 1. The number of benzene rings is 2. The fraction of sp³-hybridized carbons (Fsp3) is 0.300. The Kier molecular flexibility index (Phi) is 5.64. The molecular formula is C20H18Cl2N4O4. The van der Waals surface area contributed by atoms with E-state index >= 15 is 0 Å². The van der Waals surface area contributed by atoms with Crippen LogP contribution in [-0.4, -0.2) is 53.9 Å². The van der Waals surface area contributed by atoms with E-state index in [1.54, 1.807) is 30.3 Å². The SMILES string of the molecule is O=C1C[C@@H](N2CCN(c3ccc([N+](=O)[O-])cc3)CC2)C(=O)N1c1cc(Cl)cc(Cl)c1. The van der Waals surface area contributed by atoms with Crippen molar-refractivity contribution in [1.29, 1.82) is 0 Å². The van der Waals surface area contributed by atoms with Gasteiger partial charge < -0.3 is 4.90 Å². The summed E-state index contributed by atoms with van der Waals surface area (Å²) in [5.74, 6) is -0.553. The van der Waals surface area contributed by atoms with Gasteiger partial charge in [-0.1, -0.05) is 23.2 Å². The Balaban J connectivity index is 1.43. The van der Waals surface area contributed by atoms with Gasteiger partial charge in [-0.25, -0.2) is 4.90 Å². The molecule has 2 aromatic carbocycles. The lowest BCUT2D eigenvalue weighted by Gasteiger charge is -2.38. The quantitative estimate of drug-likeness (QED) is 0.404. The van der Waals surface area contributed by atoms with Crippen molar-refractivity contribution in [1.82, 2.24) is 4.90 Å². The third-order valence-corrected chi connectivity index (χ3v) is 5.85. The largest absolute Gasteiger partial charge is 0.369 e. The number of nitro benzene ring substituents is 1. The molecule has 0 N–H and O–H groups in total. The Morgan fingerprint density at radius 2 is 1.50 bits per heavy atom. The van der Waals surface area contributed by atoms with Crippen molar-refractivity contribution in [2.45, 2.75) is 12.5 Å². The van der Waals surface area contributed by atoms with Crippen LogP contribution >= 0.6 is 23.2 Å². The van der Waals surface area contributed by atoms with E-state index in [2.05, 4.69) is 4.90 Å². The minimum absolute atomic E-state index is 0.0497. The van der Waals surface area contributed by atoms with Crippen LogP contribution in [0.1, 0.15) is 6.42 Å². The van der Waals surface area contributed by atoms with E-state index in [-0.39, 0.29) is 23.9 Å². The number of non-ortho nitro benzene ring substituents is 1. The molecule has 0 unspecified atom stereocenters. The van der Waals surface area contributed by atoms with Gasteiger partial charge in [-0.15, -0.1) is 0 Å². The van der Waals surface area contributed by atoms with E-state index in [1.165, 1.54) is 12.1 Å². The van der Waals surface area contributed by atoms with E-state index in [0.29, 0.717) is 41.9 Å².